The lowest BCUT2D eigenvalue weighted by Gasteiger charge is -2.13. The summed E-state index contributed by atoms with van der Waals surface area (Å²) in [5, 5.41) is 12.3. The topological polar surface area (TPSA) is 45.0 Å². The van der Waals surface area contributed by atoms with Crippen molar-refractivity contribution >= 4 is 5.69 Å². The molecule has 0 aliphatic carbocycles. The average molecular weight is 232 g/mol. The summed E-state index contributed by atoms with van der Waals surface area (Å²) < 4.78 is 5.15. The number of unbranched alkanes of at least 4 members (excludes halogenated alkanes) is 2. The molecule has 3 heteroatoms. The van der Waals surface area contributed by atoms with Crippen molar-refractivity contribution in [3.63, 3.8) is 0 Å². The highest BCUT2D eigenvalue weighted by Crippen LogP contribution is 2.18. The quantitative estimate of drug-likeness (QED) is 0.731. The van der Waals surface area contributed by atoms with Crippen LogP contribution in [-0.4, -0.2) is 13.2 Å². The average Bonchev–Trinajstić information content (AvgIpc) is 2.38. The molecule has 92 valence electrons. The fourth-order valence-electron chi connectivity index (χ4n) is 1.68. The second kappa shape index (κ2) is 7.56. The number of nitrogens with zero attached hydrogens (tertiary/aromatic N) is 1. The van der Waals surface area contributed by atoms with Gasteiger partial charge in [0.25, 0.3) is 0 Å². The molecule has 0 bridgehead atoms. The van der Waals surface area contributed by atoms with Crippen LogP contribution in [-0.2, 0) is 0 Å². The van der Waals surface area contributed by atoms with Crippen molar-refractivity contribution in [2.24, 2.45) is 0 Å². The molecule has 1 rings (SSSR count). The zero-order valence-electron chi connectivity index (χ0n) is 10.6. The second-order valence-corrected chi connectivity index (χ2v) is 4.05. The number of anilines is 1. The minimum atomic E-state index is -0.117. The SMILES string of the molecule is CCCCCC(C#N)Nc1cccc(OC)c1. The molecule has 0 aliphatic rings. The van der Waals surface area contributed by atoms with Gasteiger partial charge in [0, 0.05) is 11.8 Å². The van der Waals surface area contributed by atoms with E-state index < -0.39 is 0 Å². The Balaban J connectivity index is 2.52. The molecule has 0 saturated carbocycles. The normalized spacial score (nSPS) is 11.6. The summed E-state index contributed by atoms with van der Waals surface area (Å²) in [6, 6.07) is 9.85. The molecular formula is C14H20N2O. The second-order valence-electron chi connectivity index (χ2n) is 4.05. The Kier molecular flexibility index (Phi) is 5.95. The summed E-state index contributed by atoms with van der Waals surface area (Å²) in [7, 11) is 1.64. The summed E-state index contributed by atoms with van der Waals surface area (Å²) in [5.41, 5.74) is 0.937. The lowest BCUT2D eigenvalue weighted by atomic mass is 10.1. The van der Waals surface area contributed by atoms with Crippen molar-refractivity contribution in [3.05, 3.63) is 24.3 Å². The molecule has 0 aliphatic heterocycles. The van der Waals surface area contributed by atoms with Crippen molar-refractivity contribution in [2.45, 2.75) is 38.6 Å². The molecule has 3 nitrogen and oxygen atoms in total. The summed E-state index contributed by atoms with van der Waals surface area (Å²) in [6.07, 6.45) is 4.34. The first-order valence-corrected chi connectivity index (χ1v) is 6.10. The van der Waals surface area contributed by atoms with E-state index in [0.717, 1.165) is 24.3 Å². The van der Waals surface area contributed by atoms with E-state index in [4.69, 9.17) is 10.00 Å². The Morgan fingerprint density at radius 3 is 2.88 bits per heavy atom. The van der Waals surface area contributed by atoms with Crippen LogP contribution in [0.3, 0.4) is 0 Å². The molecule has 0 spiro atoms. The molecule has 0 aromatic heterocycles. The zero-order valence-corrected chi connectivity index (χ0v) is 10.6. The molecule has 1 N–H and O–H groups in total. The Morgan fingerprint density at radius 2 is 2.24 bits per heavy atom. The molecule has 0 fully saturated rings. The van der Waals surface area contributed by atoms with Crippen molar-refractivity contribution < 1.29 is 4.74 Å². The van der Waals surface area contributed by atoms with E-state index in [1.54, 1.807) is 7.11 Å². The monoisotopic (exact) mass is 232 g/mol. The number of methoxy groups -OCH3 is 1. The van der Waals surface area contributed by atoms with Gasteiger partial charge in [-0.3, -0.25) is 0 Å². The minimum Gasteiger partial charge on any atom is -0.497 e. The van der Waals surface area contributed by atoms with Gasteiger partial charge in [0.2, 0.25) is 0 Å². The fraction of sp³-hybridized carbons (Fsp3) is 0.500. The van der Waals surface area contributed by atoms with E-state index in [-0.39, 0.29) is 6.04 Å². The van der Waals surface area contributed by atoms with Crippen LogP contribution in [0.2, 0.25) is 0 Å². The van der Waals surface area contributed by atoms with Crippen LogP contribution in [0, 0.1) is 11.3 Å². The third-order valence-corrected chi connectivity index (χ3v) is 2.66. The fourth-order valence-corrected chi connectivity index (χ4v) is 1.68. The molecular weight excluding hydrogens is 212 g/mol. The van der Waals surface area contributed by atoms with Crippen LogP contribution >= 0.6 is 0 Å². The van der Waals surface area contributed by atoms with E-state index >= 15 is 0 Å². The summed E-state index contributed by atoms with van der Waals surface area (Å²) in [6.45, 7) is 2.16. The number of nitriles is 1. The highest BCUT2D eigenvalue weighted by Gasteiger charge is 2.06. The van der Waals surface area contributed by atoms with Gasteiger partial charge in [-0.05, 0) is 18.6 Å². The van der Waals surface area contributed by atoms with E-state index in [1.165, 1.54) is 12.8 Å². The lowest BCUT2D eigenvalue weighted by molar-refractivity contribution is 0.415. The van der Waals surface area contributed by atoms with E-state index in [0.29, 0.717) is 0 Å². The molecule has 1 aromatic carbocycles. The molecule has 1 unspecified atom stereocenters. The molecule has 17 heavy (non-hydrogen) atoms. The first kappa shape index (κ1) is 13.4. The largest absolute Gasteiger partial charge is 0.497 e. The van der Waals surface area contributed by atoms with Gasteiger partial charge in [-0.2, -0.15) is 5.26 Å². The third kappa shape index (κ3) is 4.78. The number of hydrogen-bond donors (Lipinski definition) is 1. The van der Waals surface area contributed by atoms with Gasteiger partial charge >= 0.3 is 0 Å². The Labute approximate surface area is 103 Å². The Bertz CT molecular complexity index is 371. The van der Waals surface area contributed by atoms with Gasteiger partial charge < -0.3 is 10.1 Å². The van der Waals surface area contributed by atoms with E-state index in [1.807, 2.05) is 24.3 Å². The molecule has 0 saturated heterocycles. The maximum Gasteiger partial charge on any atom is 0.120 e. The first-order valence-electron chi connectivity index (χ1n) is 6.10. The van der Waals surface area contributed by atoms with Crippen molar-refractivity contribution in [3.8, 4) is 11.8 Å². The van der Waals surface area contributed by atoms with Crippen LogP contribution in [0.15, 0.2) is 24.3 Å². The maximum absolute atomic E-state index is 9.07. The van der Waals surface area contributed by atoms with Crippen LogP contribution < -0.4 is 10.1 Å². The standard InChI is InChI=1S/C14H20N2O/c1-3-4-5-7-13(11-15)16-12-8-6-9-14(10-12)17-2/h6,8-10,13,16H,3-5,7H2,1-2H3. The maximum atomic E-state index is 9.07. The van der Waals surface area contributed by atoms with Gasteiger partial charge in [-0.1, -0.05) is 32.3 Å². The van der Waals surface area contributed by atoms with Crippen molar-refractivity contribution in [1.29, 1.82) is 5.26 Å². The third-order valence-electron chi connectivity index (χ3n) is 2.66. The molecule has 0 heterocycles. The van der Waals surface area contributed by atoms with E-state index in [2.05, 4.69) is 18.3 Å². The smallest absolute Gasteiger partial charge is 0.120 e. The first-order chi connectivity index (χ1) is 8.30. The van der Waals surface area contributed by atoms with Crippen LogP contribution in [0.4, 0.5) is 5.69 Å². The minimum absolute atomic E-state index is 0.117. The summed E-state index contributed by atoms with van der Waals surface area (Å²) in [5.74, 6) is 0.806. The highest BCUT2D eigenvalue weighted by molar-refractivity contribution is 5.49. The van der Waals surface area contributed by atoms with Crippen molar-refractivity contribution in [2.75, 3.05) is 12.4 Å². The van der Waals surface area contributed by atoms with Gasteiger partial charge in [-0.15, -0.1) is 0 Å². The number of nitrogens with one attached hydrogen (secondary N) is 1. The number of rotatable bonds is 7. The highest BCUT2D eigenvalue weighted by atomic mass is 16.5. The zero-order chi connectivity index (χ0) is 12.5. The number of benzene rings is 1. The lowest BCUT2D eigenvalue weighted by Crippen LogP contribution is -2.16. The molecule has 1 aromatic rings. The number of hydrogen-bond acceptors (Lipinski definition) is 3. The van der Waals surface area contributed by atoms with Gasteiger partial charge in [0.15, 0.2) is 0 Å². The van der Waals surface area contributed by atoms with E-state index in [9.17, 15) is 0 Å². The summed E-state index contributed by atoms with van der Waals surface area (Å²) >= 11 is 0. The van der Waals surface area contributed by atoms with Crippen molar-refractivity contribution in [1.82, 2.24) is 0 Å². The molecule has 1 atom stereocenters. The Hall–Kier alpha value is -1.69. The molecule has 0 amide bonds. The van der Waals surface area contributed by atoms with Gasteiger partial charge in [0.05, 0.1) is 13.2 Å². The summed E-state index contributed by atoms with van der Waals surface area (Å²) in [4.78, 5) is 0. The predicted octanol–water partition coefficient (Wildman–Crippen LogP) is 3.58. The Morgan fingerprint density at radius 1 is 1.41 bits per heavy atom. The predicted molar refractivity (Wildman–Crippen MR) is 70.2 cm³/mol. The molecule has 0 radical (unpaired) electrons. The van der Waals surface area contributed by atoms with Crippen LogP contribution in [0.25, 0.3) is 0 Å². The van der Waals surface area contributed by atoms with Crippen LogP contribution in [0.1, 0.15) is 32.6 Å². The van der Waals surface area contributed by atoms with Crippen LogP contribution in [0.5, 0.6) is 5.75 Å². The van der Waals surface area contributed by atoms with Gasteiger partial charge in [-0.25, -0.2) is 0 Å². The number of ether oxygens (including phenoxy) is 1. The van der Waals surface area contributed by atoms with Gasteiger partial charge in [0.1, 0.15) is 11.8 Å².